The Kier molecular flexibility index (Phi) is 7.02. The van der Waals surface area contributed by atoms with Crippen molar-refractivity contribution in [1.29, 1.82) is 0 Å². The molecule has 3 nitrogen and oxygen atoms in total. The van der Waals surface area contributed by atoms with Gasteiger partial charge < -0.3 is 9.22 Å². The van der Waals surface area contributed by atoms with Crippen molar-refractivity contribution < 1.29 is 14.0 Å². The highest BCUT2D eigenvalue weighted by Crippen LogP contribution is 2.28. The zero-order valence-corrected chi connectivity index (χ0v) is 17.3. The van der Waals surface area contributed by atoms with Gasteiger partial charge in [-0.1, -0.05) is 60.7 Å². The Morgan fingerprint density at radius 3 is 1.80 bits per heavy atom. The van der Waals surface area contributed by atoms with Crippen LogP contribution in [0.3, 0.4) is 0 Å². The first kappa shape index (κ1) is 19.9. The average molecular weight is 452 g/mol. The van der Waals surface area contributed by atoms with Gasteiger partial charge in [-0.2, -0.15) is 0 Å². The van der Waals surface area contributed by atoms with E-state index < -0.39 is 0 Å². The van der Waals surface area contributed by atoms with Crippen LogP contribution in [0.25, 0.3) is 0 Å². The number of nitrogens with zero attached hydrogens (tertiary/aromatic N) is 1. The summed E-state index contributed by atoms with van der Waals surface area (Å²) in [7, 11) is 4.46. The van der Waals surface area contributed by atoms with Gasteiger partial charge in [0, 0.05) is 12.8 Å². The summed E-state index contributed by atoms with van der Waals surface area (Å²) >= 11 is 0. The van der Waals surface area contributed by atoms with Crippen molar-refractivity contribution >= 4 is 29.9 Å². The van der Waals surface area contributed by atoms with E-state index in [1.54, 1.807) is 0 Å². The van der Waals surface area contributed by atoms with Crippen LogP contribution in [0.1, 0.15) is 29.9 Å². The molecule has 0 bridgehead atoms. The summed E-state index contributed by atoms with van der Waals surface area (Å²) in [6.07, 6.45) is 1.92. The smallest absolute Gasteiger partial charge is 0.318 e. The van der Waals surface area contributed by atoms with Crippen LogP contribution in [0.4, 0.5) is 0 Å². The lowest BCUT2D eigenvalue weighted by Gasteiger charge is -2.37. The third kappa shape index (κ3) is 5.28. The van der Waals surface area contributed by atoms with E-state index in [2.05, 4.69) is 14.1 Å². The van der Waals surface area contributed by atoms with E-state index in [0.717, 1.165) is 41.5 Å². The lowest BCUT2D eigenvalue weighted by atomic mass is 9.91. The molecule has 1 aliphatic heterocycles. The minimum atomic E-state index is -0.350. The first-order chi connectivity index (χ1) is 11.6. The minimum absolute atomic E-state index is 0. The zero-order chi connectivity index (χ0) is 17.0. The number of halogens is 1. The highest BCUT2D eigenvalue weighted by Gasteiger charge is 2.31. The second-order valence-corrected chi connectivity index (χ2v) is 7.27. The number of carbonyl (C=O) groups is 1. The summed E-state index contributed by atoms with van der Waals surface area (Å²) in [4.78, 5) is 12.9. The summed E-state index contributed by atoms with van der Waals surface area (Å²) in [5.74, 6) is -0.485. The SMILES string of the molecule is C[N+]1(C)CCC(OC(=O)C(c2ccccc2)c2ccccc2)CC1.I. The fraction of sp³-hybridized carbons (Fsp3) is 0.381. The molecule has 2 aromatic rings. The maximum Gasteiger partial charge on any atom is 0.318 e. The van der Waals surface area contributed by atoms with Crippen molar-refractivity contribution in [1.82, 2.24) is 0 Å². The van der Waals surface area contributed by atoms with Crippen molar-refractivity contribution in [2.24, 2.45) is 0 Å². The van der Waals surface area contributed by atoms with Gasteiger partial charge in [-0.3, -0.25) is 4.79 Å². The lowest BCUT2D eigenvalue weighted by Crippen LogP contribution is -2.48. The van der Waals surface area contributed by atoms with E-state index in [1.165, 1.54) is 0 Å². The number of rotatable bonds is 4. The second-order valence-electron chi connectivity index (χ2n) is 7.27. The maximum atomic E-state index is 12.9. The molecule has 2 aromatic carbocycles. The fourth-order valence-corrected chi connectivity index (χ4v) is 3.35. The third-order valence-electron chi connectivity index (χ3n) is 4.90. The highest BCUT2D eigenvalue weighted by atomic mass is 127. The van der Waals surface area contributed by atoms with Crippen LogP contribution in [0.15, 0.2) is 60.7 Å². The molecule has 0 radical (unpaired) electrons. The summed E-state index contributed by atoms with van der Waals surface area (Å²) < 4.78 is 6.92. The van der Waals surface area contributed by atoms with E-state index in [1.807, 2.05) is 60.7 Å². The predicted octanol–water partition coefficient (Wildman–Crippen LogP) is 4.22. The highest BCUT2D eigenvalue weighted by molar-refractivity contribution is 14.0. The van der Waals surface area contributed by atoms with Gasteiger partial charge in [0.2, 0.25) is 0 Å². The van der Waals surface area contributed by atoms with Crippen molar-refractivity contribution in [3.05, 3.63) is 71.8 Å². The van der Waals surface area contributed by atoms with Crippen molar-refractivity contribution in [2.45, 2.75) is 24.9 Å². The summed E-state index contributed by atoms with van der Waals surface area (Å²) in [6.45, 7) is 2.11. The average Bonchev–Trinajstić information content (AvgIpc) is 2.59. The van der Waals surface area contributed by atoms with Crippen LogP contribution in [0.2, 0.25) is 0 Å². The number of likely N-dealkylation sites (tertiary alicyclic amines) is 1. The Morgan fingerprint density at radius 1 is 0.920 bits per heavy atom. The topological polar surface area (TPSA) is 26.3 Å². The standard InChI is InChI=1S/C21H26NO2.HI/c1-22(2)15-13-19(14-16-22)24-21(23)20(17-9-5-3-6-10-17)18-11-7-4-8-12-18;/h3-12,19-20H,13-16H2,1-2H3;1H/q+1;. The van der Waals surface area contributed by atoms with Crippen LogP contribution in [-0.2, 0) is 9.53 Å². The van der Waals surface area contributed by atoms with Crippen LogP contribution < -0.4 is 0 Å². The lowest BCUT2D eigenvalue weighted by molar-refractivity contribution is -0.896. The monoisotopic (exact) mass is 452 g/mol. The number of ether oxygens (including phenoxy) is 1. The first-order valence-electron chi connectivity index (χ1n) is 8.67. The zero-order valence-electron chi connectivity index (χ0n) is 14.9. The van der Waals surface area contributed by atoms with Gasteiger partial charge in [-0.05, 0) is 11.1 Å². The van der Waals surface area contributed by atoms with Gasteiger partial charge in [0.05, 0.1) is 27.2 Å². The largest absolute Gasteiger partial charge is 0.461 e. The molecule has 134 valence electrons. The van der Waals surface area contributed by atoms with Gasteiger partial charge in [-0.25, -0.2) is 0 Å². The molecule has 0 N–H and O–H groups in total. The summed E-state index contributed by atoms with van der Waals surface area (Å²) in [5, 5.41) is 0. The van der Waals surface area contributed by atoms with Crippen molar-refractivity contribution in [3.8, 4) is 0 Å². The van der Waals surface area contributed by atoms with Gasteiger partial charge in [0.15, 0.2) is 0 Å². The summed E-state index contributed by atoms with van der Waals surface area (Å²) in [5.41, 5.74) is 1.97. The quantitative estimate of drug-likeness (QED) is 0.395. The maximum absolute atomic E-state index is 12.9. The van der Waals surface area contributed by atoms with E-state index in [4.69, 9.17) is 4.74 Å². The number of benzene rings is 2. The van der Waals surface area contributed by atoms with Gasteiger partial charge in [-0.15, -0.1) is 24.0 Å². The van der Waals surface area contributed by atoms with Crippen LogP contribution in [0, 0.1) is 0 Å². The summed E-state index contributed by atoms with van der Waals surface area (Å²) in [6, 6.07) is 19.8. The number of quaternary nitrogens is 1. The van der Waals surface area contributed by atoms with E-state index in [0.29, 0.717) is 0 Å². The van der Waals surface area contributed by atoms with Crippen LogP contribution in [0.5, 0.6) is 0 Å². The predicted molar refractivity (Wildman–Crippen MR) is 111 cm³/mol. The molecule has 1 aliphatic rings. The molecule has 0 unspecified atom stereocenters. The number of piperidine rings is 1. The molecular formula is C21H27INO2+. The van der Waals surface area contributed by atoms with Crippen LogP contribution in [-0.4, -0.2) is 43.7 Å². The molecule has 0 aromatic heterocycles. The molecule has 4 heteroatoms. The Labute approximate surface area is 167 Å². The van der Waals surface area contributed by atoms with E-state index >= 15 is 0 Å². The van der Waals surface area contributed by atoms with E-state index in [-0.39, 0.29) is 42.0 Å². The van der Waals surface area contributed by atoms with Crippen molar-refractivity contribution in [2.75, 3.05) is 27.2 Å². The first-order valence-corrected chi connectivity index (χ1v) is 8.67. The van der Waals surface area contributed by atoms with Crippen LogP contribution >= 0.6 is 24.0 Å². The Hall–Kier alpha value is -1.40. The van der Waals surface area contributed by atoms with Gasteiger partial charge in [0.25, 0.3) is 0 Å². The molecule has 1 saturated heterocycles. The Balaban J connectivity index is 0.00000225. The molecule has 0 aliphatic carbocycles. The van der Waals surface area contributed by atoms with Gasteiger partial charge >= 0.3 is 5.97 Å². The normalized spacial score (nSPS) is 16.9. The molecule has 0 atom stereocenters. The molecule has 1 heterocycles. The van der Waals surface area contributed by atoms with Crippen molar-refractivity contribution in [3.63, 3.8) is 0 Å². The third-order valence-corrected chi connectivity index (χ3v) is 4.90. The second kappa shape index (κ2) is 8.81. The molecule has 0 amide bonds. The molecule has 1 fully saturated rings. The Morgan fingerprint density at radius 2 is 1.36 bits per heavy atom. The number of hydrogen-bond donors (Lipinski definition) is 0. The fourth-order valence-electron chi connectivity index (χ4n) is 3.35. The van der Waals surface area contributed by atoms with E-state index in [9.17, 15) is 4.79 Å². The Bertz CT molecular complexity index is 623. The number of hydrogen-bond acceptors (Lipinski definition) is 2. The van der Waals surface area contributed by atoms with Gasteiger partial charge in [0.1, 0.15) is 12.0 Å². The number of esters is 1. The molecule has 0 saturated carbocycles. The minimum Gasteiger partial charge on any atom is -0.461 e. The molecule has 25 heavy (non-hydrogen) atoms. The molecule has 0 spiro atoms. The number of carbonyl (C=O) groups excluding carboxylic acids is 1. The molecular weight excluding hydrogens is 425 g/mol. The molecule has 3 rings (SSSR count).